The van der Waals surface area contributed by atoms with E-state index < -0.39 is 0 Å². The summed E-state index contributed by atoms with van der Waals surface area (Å²) in [6.07, 6.45) is 2.61. The Morgan fingerprint density at radius 3 is 2.86 bits per heavy atom. The van der Waals surface area contributed by atoms with Crippen molar-refractivity contribution in [1.82, 2.24) is 20.4 Å². The molecule has 6 heteroatoms. The smallest absolute Gasteiger partial charge is 0.271 e. The number of rotatable bonds is 6. The molecule has 2 N–H and O–H groups in total. The van der Waals surface area contributed by atoms with Crippen LogP contribution in [-0.4, -0.2) is 29.3 Å². The highest BCUT2D eigenvalue weighted by molar-refractivity contribution is 5.91. The fraction of sp³-hybridized carbons (Fsp3) is 0.333. The predicted molar refractivity (Wildman–Crippen MR) is 78.9 cm³/mol. The summed E-state index contributed by atoms with van der Waals surface area (Å²) in [7, 11) is 1.53. The summed E-state index contributed by atoms with van der Waals surface area (Å²) in [5, 5.41) is 9.77. The number of hydrogen-bond acceptors (Lipinski definition) is 3. The molecule has 2 aromatic rings. The number of nitrogens with one attached hydrogen (secondary N) is 2. The molecule has 0 saturated carbocycles. The van der Waals surface area contributed by atoms with Crippen LogP contribution >= 0.6 is 0 Å². The Labute approximate surface area is 123 Å². The molecule has 21 heavy (non-hydrogen) atoms. The van der Waals surface area contributed by atoms with E-state index in [0.29, 0.717) is 12.2 Å². The maximum atomic E-state index is 14.1. The van der Waals surface area contributed by atoms with E-state index in [9.17, 15) is 9.18 Å². The van der Waals surface area contributed by atoms with Crippen molar-refractivity contribution in [1.29, 1.82) is 0 Å². The average Bonchev–Trinajstić information content (AvgIpc) is 2.96. The number of benzene rings is 1. The van der Waals surface area contributed by atoms with Gasteiger partial charge in [-0.05, 0) is 36.7 Å². The summed E-state index contributed by atoms with van der Waals surface area (Å²) < 4.78 is 15.5. The number of nitrogens with zero attached hydrogens (tertiary/aromatic N) is 2. The number of aromatic nitrogens is 2. The van der Waals surface area contributed by atoms with E-state index in [4.69, 9.17) is 0 Å². The molecule has 1 amide bonds. The lowest BCUT2D eigenvalue weighted by Crippen LogP contribution is -2.18. The standard InChI is InChI=1S/C15H19FN4O/c1-3-7-18-10-11-4-5-14(12(16)9-11)20-8-6-13(19-20)15(21)17-2/h4-6,8-9,18H,3,7,10H2,1-2H3,(H,17,21). The number of hydrogen-bond donors (Lipinski definition) is 2. The first kappa shape index (κ1) is 15.2. The molecule has 0 radical (unpaired) electrons. The first-order chi connectivity index (χ1) is 10.2. The molecule has 0 aliphatic carbocycles. The van der Waals surface area contributed by atoms with Crippen LogP contribution in [-0.2, 0) is 6.54 Å². The first-order valence-electron chi connectivity index (χ1n) is 6.93. The quantitative estimate of drug-likeness (QED) is 0.799. The van der Waals surface area contributed by atoms with Crippen molar-refractivity contribution < 1.29 is 9.18 Å². The first-order valence-corrected chi connectivity index (χ1v) is 6.93. The van der Waals surface area contributed by atoms with Crippen molar-refractivity contribution in [3.63, 3.8) is 0 Å². The molecular weight excluding hydrogens is 271 g/mol. The SMILES string of the molecule is CCCNCc1ccc(-n2ccc(C(=O)NC)n2)c(F)c1. The summed E-state index contributed by atoms with van der Waals surface area (Å²) in [4.78, 5) is 11.5. The number of carbonyl (C=O) groups is 1. The van der Waals surface area contributed by atoms with Gasteiger partial charge in [0.15, 0.2) is 5.69 Å². The van der Waals surface area contributed by atoms with Gasteiger partial charge in [0.2, 0.25) is 0 Å². The molecule has 1 aromatic heterocycles. The Morgan fingerprint density at radius 2 is 2.19 bits per heavy atom. The zero-order chi connectivity index (χ0) is 15.2. The van der Waals surface area contributed by atoms with Gasteiger partial charge in [-0.15, -0.1) is 0 Å². The van der Waals surface area contributed by atoms with Crippen molar-refractivity contribution in [2.45, 2.75) is 19.9 Å². The van der Waals surface area contributed by atoms with Crippen molar-refractivity contribution in [3.05, 3.63) is 47.5 Å². The molecule has 2 rings (SSSR count). The normalized spacial score (nSPS) is 10.6. The summed E-state index contributed by atoms with van der Waals surface area (Å²) in [5.41, 5.74) is 1.46. The van der Waals surface area contributed by atoms with Crippen LogP contribution in [0.5, 0.6) is 0 Å². The molecule has 0 bridgehead atoms. The van der Waals surface area contributed by atoms with Crippen LogP contribution in [0.25, 0.3) is 5.69 Å². The lowest BCUT2D eigenvalue weighted by Gasteiger charge is -2.07. The lowest BCUT2D eigenvalue weighted by molar-refractivity contribution is 0.0957. The number of carbonyl (C=O) groups excluding carboxylic acids is 1. The zero-order valence-electron chi connectivity index (χ0n) is 12.2. The third kappa shape index (κ3) is 3.66. The molecule has 0 unspecified atom stereocenters. The fourth-order valence-corrected chi connectivity index (χ4v) is 1.96. The fourth-order valence-electron chi connectivity index (χ4n) is 1.96. The summed E-state index contributed by atoms with van der Waals surface area (Å²) in [6, 6.07) is 6.55. The summed E-state index contributed by atoms with van der Waals surface area (Å²) in [6.45, 7) is 3.62. The third-order valence-corrected chi connectivity index (χ3v) is 3.06. The second-order valence-corrected chi connectivity index (χ2v) is 4.69. The number of halogens is 1. The minimum absolute atomic E-state index is 0.255. The van der Waals surface area contributed by atoms with E-state index in [1.807, 2.05) is 6.07 Å². The van der Waals surface area contributed by atoms with Gasteiger partial charge in [0.05, 0.1) is 0 Å². The van der Waals surface area contributed by atoms with Crippen LogP contribution in [0.1, 0.15) is 29.4 Å². The van der Waals surface area contributed by atoms with Crippen LogP contribution < -0.4 is 10.6 Å². The molecule has 1 heterocycles. The van der Waals surface area contributed by atoms with E-state index in [0.717, 1.165) is 18.5 Å². The van der Waals surface area contributed by atoms with E-state index in [-0.39, 0.29) is 17.4 Å². The van der Waals surface area contributed by atoms with Crippen LogP contribution in [0.4, 0.5) is 4.39 Å². The molecule has 0 spiro atoms. The molecule has 112 valence electrons. The topological polar surface area (TPSA) is 59.0 Å². The molecule has 1 aromatic carbocycles. The van der Waals surface area contributed by atoms with E-state index in [1.165, 1.54) is 17.8 Å². The maximum Gasteiger partial charge on any atom is 0.271 e. The van der Waals surface area contributed by atoms with E-state index in [2.05, 4.69) is 22.7 Å². The van der Waals surface area contributed by atoms with Gasteiger partial charge in [-0.3, -0.25) is 4.79 Å². The van der Waals surface area contributed by atoms with Gasteiger partial charge < -0.3 is 10.6 Å². The monoisotopic (exact) mass is 290 g/mol. The van der Waals surface area contributed by atoms with Crippen LogP contribution in [0.3, 0.4) is 0 Å². The summed E-state index contributed by atoms with van der Waals surface area (Å²) >= 11 is 0. The van der Waals surface area contributed by atoms with Crippen molar-refractivity contribution in [2.24, 2.45) is 0 Å². The van der Waals surface area contributed by atoms with Gasteiger partial charge in [0.1, 0.15) is 11.5 Å². The Hall–Kier alpha value is -2.21. The third-order valence-electron chi connectivity index (χ3n) is 3.06. The lowest BCUT2D eigenvalue weighted by atomic mass is 10.2. The van der Waals surface area contributed by atoms with Crippen LogP contribution in [0, 0.1) is 5.82 Å². The Kier molecular flexibility index (Phi) is 5.05. The minimum atomic E-state index is -0.364. The van der Waals surface area contributed by atoms with E-state index in [1.54, 1.807) is 18.3 Å². The molecule has 0 atom stereocenters. The van der Waals surface area contributed by atoms with E-state index >= 15 is 0 Å². The van der Waals surface area contributed by atoms with Gasteiger partial charge in [-0.2, -0.15) is 5.10 Å². The molecule has 0 saturated heterocycles. The Balaban J connectivity index is 2.17. The van der Waals surface area contributed by atoms with Crippen molar-refractivity contribution in [3.8, 4) is 5.69 Å². The Bertz CT molecular complexity index is 624. The minimum Gasteiger partial charge on any atom is -0.354 e. The molecule has 5 nitrogen and oxygen atoms in total. The second-order valence-electron chi connectivity index (χ2n) is 4.69. The highest BCUT2D eigenvalue weighted by Crippen LogP contribution is 2.15. The molecule has 0 fully saturated rings. The van der Waals surface area contributed by atoms with Gasteiger partial charge in [-0.1, -0.05) is 13.0 Å². The van der Waals surface area contributed by atoms with Gasteiger partial charge in [0, 0.05) is 19.8 Å². The van der Waals surface area contributed by atoms with Crippen molar-refractivity contribution in [2.75, 3.05) is 13.6 Å². The summed E-state index contributed by atoms with van der Waals surface area (Å²) in [5.74, 6) is -0.660. The number of amides is 1. The zero-order valence-corrected chi connectivity index (χ0v) is 12.2. The highest BCUT2D eigenvalue weighted by Gasteiger charge is 2.11. The highest BCUT2D eigenvalue weighted by atomic mass is 19.1. The van der Waals surface area contributed by atoms with Crippen molar-refractivity contribution >= 4 is 5.91 Å². The molecule has 0 aliphatic heterocycles. The van der Waals surface area contributed by atoms with Crippen LogP contribution in [0.15, 0.2) is 30.5 Å². The average molecular weight is 290 g/mol. The van der Waals surface area contributed by atoms with Gasteiger partial charge in [0.25, 0.3) is 5.91 Å². The molecule has 0 aliphatic rings. The largest absolute Gasteiger partial charge is 0.354 e. The van der Waals surface area contributed by atoms with Gasteiger partial charge >= 0.3 is 0 Å². The van der Waals surface area contributed by atoms with Crippen LogP contribution in [0.2, 0.25) is 0 Å². The maximum absolute atomic E-state index is 14.1. The Morgan fingerprint density at radius 1 is 1.38 bits per heavy atom. The van der Waals surface area contributed by atoms with Gasteiger partial charge in [-0.25, -0.2) is 9.07 Å². The predicted octanol–water partition coefficient (Wildman–Crippen LogP) is 1.87. The second kappa shape index (κ2) is 6.99. The molecular formula is C15H19FN4O.